The van der Waals surface area contributed by atoms with Crippen LogP contribution in [0, 0.1) is 26.1 Å². The molecule has 10 N–H and O–H groups in total. The first-order chi connectivity index (χ1) is 38.8. The van der Waals surface area contributed by atoms with E-state index in [4.69, 9.17) is 9.15 Å². The molecule has 0 bridgehead atoms. The van der Waals surface area contributed by atoms with E-state index in [2.05, 4.69) is 37.2 Å². The number of hydrogen-bond acceptors (Lipinski definition) is 18. The molecule has 1 aliphatic heterocycles. The van der Waals surface area contributed by atoms with Gasteiger partial charge in [0.2, 0.25) is 41.4 Å². The number of hydrogen-bond donors (Lipinski definition) is 10. The number of nitrogens with zero attached hydrogens (tertiary/aromatic N) is 3. The number of likely N-dealkylation sites (tertiary alicyclic amines) is 1. The molecule has 7 atom stereocenters. The first kappa shape index (κ1) is 63.1. The number of phenols is 1. The lowest BCUT2D eigenvalue weighted by atomic mass is 10.00. The number of carbonyl (C=O) groups is 9. The monoisotopic (exact) mass is 1140 g/mol. The molecule has 1 aromatic heterocycles. The highest BCUT2D eigenvalue weighted by molar-refractivity contribution is 5.98. The normalized spacial score (nSPS) is 15.1. The van der Waals surface area contributed by atoms with Crippen LogP contribution in [-0.2, 0) is 56.0 Å². The molecule has 4 aromatic rings. The lowest BCUT2D eigenvalue weighted by Gasteiger charge is -2.29. The first-order valence-corrected chi connectivity index (χ1v) is 25.9. The van der Waals surface area contributed by atoms with Crippen LogP contribution in [0.4, 0.5) is 17.1 Å². The summed E-state index contributed by atoms with van der Waals surface area (Å²) >= 11 is 0. The van der Waals surface area contributed by atoms with E-state index in [1.807, 2.05) is 0 Å². The quantitative estimate of drug-likeness (QED) is 0.0160. The Labute approximate surface area is 467 Å². The molecule has 1 saturated heterocycles. The van der Waals surface area contributed by atoms with E-state index in [1.54, 1.807) is 26.0 Å². The van der Waals surface area contributed by atoms with Gasteiger partial charge in [-0.15, -0.1) is 0 Å². The van der Waals surface area contributed by atoms with Crippen LogP contribution in [0.1, 0.15) is 77.3 Å². The van der Waals surface area contributed by atoms with Gasteiger partial charge < -0.3 is 66.6 Å². The number of phenolic OH excluding ortho intramolecular Hbond substituents is 1. The summed E-state index contributed by atoms with van der Waals surface area (Å²) in [5, 5.41) is 69.9. The molecule has 2 heterocycles. The topological polar surface area (TPSA) is 427 Å². The van der Waals surface area contributed by atoms with Crippen LogP contribution in [0.3, 0.4) is 0 Å². The summed E-state index contributed by atoms with van der Waals surface area (Å²) in [7, 11) is 1.43. The van der Waals surface area contributed by atoms with Crippen molar-refractivity contribution in [3.8, 4) is 11.5 Å². The number of methoxy groups -OCH3 is 1. The average molecular weight is 1150 g/mol. The number of anilines is 1. The Morgan fingerprint density at radius 1 is 0.756 bits per heavy atom. The number of rotatable bonds is 29. The van der Waals surface area contributed by atoms with Crippen molar-refractivity contribution < 1.29 is 77.5 Å². The van der Waals surface area contributed by atoms with Crippen molar-refractivity contribution in [2.45, 2.75) is 121 Å². The summed E-state index contributed by atoms with van der Waals surface area (Å²) in [5.41, 5.74) is -0.810. The van der Waals surface area contributed by atoms with Gasteiger partial charge in [0.25, 0.3) is 11.4 Å². The van der Waals surface area contributed by atoms with Crippen LogP contribution < -0.4 is 47.6 Å². The van der Waals surface area contributed by atoms with Crippen molar-refractivity contribution >= 4 is 81.3 Å². The standard InChI is InChI=1S/C53H64N10O19/c1-27(2)46(60-49(71)38(21-30-11-14-33(64)15-12-30)57-43(65)22-31-23-45(68)82-42-25-34(81-5)16-17-35(31)42)51(73)55-28(3)47(69)59-39(26-44(66)67)48(70)56-29(4)52(74)61-20-8-10-40(61)50(72)58-37(53(75)76)9-6-7-19-54-36-18-13-32(62(77)78)24-41(36)63(79)80/h11-18,23-25,27-29,37-40,46,54,64H,6-10,19-22,26H2,1-5H3,(H,55,73)(H,56,70)(H,57,65)(H,58,72)(H,59,69)(H,60,71)(H,66,67)(H,75,76). The number of non-ortho nitro benzene ring substituents is 1. The second-order valence-electron chi connectivity index (χ2n) is 19.7. The Balaban J connectivity index is 1.17. The van der Waals surface area contributed by atoms with Crippen molar-refractivity contribution in [1.82, 2.24) is 36.8 Å². The fourth-order valence-corrected chi connectivity index (χ4v) is 8.90. The molecule has 29 heteroatoms. The highest BCUT2D eigenvalue weighted by Gasteiger charge is 2.39. The molecule has 1 fully saturated rings. The number of nitrogens with one attached hydrogen (secondary N) is 7. The fraction of sp³-hybridized carbons (Fsp3) is 0.434. The van der Waals surface area contributed by atoms with Crippen LogP contribution in [0.5, 0.6) is 11.5 Å². The number of unbranched alkanes of at least 4 members (excludes halogenated alkanes) is 1. The van der Waals surface area contributed by atoms with E-state index in [9.17, 15) is 83.5 Å². The van der Waals surface area contributed by atoms with Crippen molar-refractivity contribution in [3.63, 3.8) is 0 Å². The molecule has 0 saturated carbocycles. The zero-order chi connectivity index (χ0) is 60.5. The summed E-state index contributed by atoms with van der Waals surface area (Å²) in [6.45, 7) is 5.77. The SMILES string of the molecule is COc1ccc2c(CC(=O)NC(Cc3ccc(O)cc3)C(=O)NC(C(=O)NC(C)C(=O)NC(CC(=O)O)C(=O)NC(C)C(=O)N3CCCC3C(=O)NC(CCCCNc3ccc([N+](=O)[O-])cc3[N+](=O)[O-])C(=O)O)C(C)C)cc(=O)oc2c1. The van der Waals surface area contributed by atoms with Crippen LogP contribution in [0.15, 0.2) is 75.9 Å². The summed E-state index contributed by atoms with van der Waals surface area (Å²) in [4.78, 5) is 154. The third kappa shape index (κ3) is 17.7. The Bertz CT molecular complexity index is 3130. The van der Waals surface area contributed by atoms with Crippen molar-refractivity contribution in [2.75, 3.05) is 25.5 Å². The maximum absolute atomic E-state index is 14.1. The predicted molar refractivity (Wildman–Crippen MR) is 289 cm³/mol. The minimum absolute atomic E-state index is 0.00789. The van der Waals surface area contributed by atoms with Gasteiger partial charge in [-0.25, -0.2) is 9.59 Å². The second-order valence-corrected chi connectivity index (χ2v) is 19.7. The molecular formula is C53H64N10O19. The summed E-state index contributed by atoms with van der Waals surface area (Å²) in [6, 6.07) is 4.69. The van der Waals surface area contributed by atoms with Gasteiger partial charge in [0.05, 0.1) is 35.9 Å². The van der Waals surface area contributed by atoms with E-state index in [0.717, 1.165) is 23.1 Å². The molecule has 29 nitrogen and oxygen atoms in total. The molecule has 0 aliphatic carbocycles. The number of benzene rings is 3. The van der Waals surface area contributed by atoms with E-state index in [-0.39, 0.29) is 74.2 Å². The molecule has 7 unspecified atom stereocenters. The maximum atomic E-state index is 14.1. The predicted octanol–water partition coefficient (Wildman–Crippen LogP) is 1.55. The van der Waals surface area contributed by atoms with Gasteiger partial charge in [0, 0.05) is 43.1 Å². The van der Waals surface area contributed by atoms with E-state index in [1.165, 1.54) is 57.4 Å². The Kier molecular flexibility index (Phi) is 22.3. The summed E-state index contributed by atoms with van der Waals surface area (Å²) < 4.78 is 10.5. The largest absolute Gasteiger partial charge is 0.508 e. The van der Waals surface area contributed by atoms with Crippen molar-refractivity contribution in [1.29, 1.82) is 0 Å². The van der Waals surface area contributed by atoms with Gasteiger partial charge in [-0.2, -0.15) is 0 Å². The molecule has 0 spiro atoms. The zero-order valence-corrected chi connectivity index (χ0v) is 45.3. The van der Waals surface area contributed by atoms with Crippen molar-refractivity contribution in [3.05, 3.63) is 109 Å². The van der Waals surface area contributed by atoms with Crippen LogP contribution in [0.2, 0.25) is 0 Å². The molecule has 3 aromatic carbocycles. The van der Waals surface area contributed by atoms with Crippen LogP contribution in [-0.4, -0.2) is 146 Å². The number of nitro groups is 2. The zero-order valence-electron chi connectivity index (χ0n) is 45.3. The van der Waals surface area contributed by atoms with Gasteiger partial charge in [-0.3, -0.25) is 58.6 Å². The average Bonchev–Trinajstić information content (AvgIpc) is 3.87. The Morgan fingerprint density at radius 2 is 1.44 bits per heavy atom. The first-order valence-electron chi connectivity index (χ1n) is 25.9. The molecule has 5 rings (SSSR count). The number of ether oxygens (including phenoxy) is 1. The smallest absolute Gasteiger partial charge is 0.336 e. The minimum Gasteiger partial charge on any atom is -0.508 e. The highest BCUT2D eigenvalue weighted by Crippen LogP contribution is 2.29. The van der Waals surface area contributed by atoms with Gasteiger partial charge >= 0.3 is 17.6 Å². The van der Waals surface area contributed by atoms with Gasteiger partial charge in [0.1, 0.15) is 65.1 Å². The van der Waals surface area contributed by atoms with Gasteiger partial charge in [-0.1, -0.05) is 26.0 Å². The molecular weight excluding hydrogens is 1080 g/mol. The van der Waals surface area contributed by atoms with E-state index in [0.29, 0.717) is 23.1 Å². The molecule has 7 amide bonds. The molecule has 1 aliphatic rings. The number of carbonyl (C=O) groups excluding carboxylic acids is 7. The summed E-state index contributed by atoms with van der Waals surface area (Å²) in [5.74, 6) is -9.43. The Morgan fingerprint density at radius 3 is 2.07 bits per heavy atom. The molecule has 0 radical (unpaired) electrons. The fourth-order valence-electron chi connectivity index (χ4n) is 8.90. The number of carboxylic acids is 2. The third-order valence-electron chi connectivity index (χ3n) is 13.2. The number of carboxylic acid groups (broad SMARTS) is 2. The number of amides is 7. The molecule has 440 valence electrons. The van der Waals surface area contributed by atoms with Gasteiger partial charge in [0.15, 0.2) is 0 Å². The third-order valence-corrected chi connectivity index (χ3v) is 13.2. The number of fused-ring (bicyclic) bond motifs is 1. The van der Waals surface area contributed by atoms with E-state index >= 15 is 0 Å². The Hall–Kier alpha value is -9.70. The lowest BCUT2D eigenvalue weighted by molar-refractivity contribution is -0.393. The summed E-state index contributed by atoms with van der Waals surface area (Å²) in [6.07, 6.45) is -0.690. The minimum atomic E-state index is -1.82. The van der Waals surface area contributed by atoms with E-state index < -0.39 is 135 Å². The molecule has 82 heavy (non-hydrogen) atoms. The highest BCUT2D eigenvalue weighted by atomic mass is 16.6. The van der Waals surface area contributed by atoms with Gasteiger partial charge in [-0.05, 0) is 93.3 Å². The van der Waals surface area contributed by atoms with Crippen LogP contribution in [0.25, 0.3) is 11.0 Å². The lowest BCUT2D eigenvalue weighted by Crippen LogP contribution is -2.60. The number of nitro benzene ring substituents is 2. The number of aliphatic carboxylic acids is 2. The number of aromatic hydroxyl groups is 1. The second kappa shape index (κ2) is 29.0. The van der Waals surface area contributed by atoms with Crippen LogP contribution >= 0.6 is 0 Å². The van der Waals surface area contributed by atoms with Crippen molar-refractivity contribution in [2.24, 2.45) is 5.92 Å². The maximum Gasteiger partial charge on any atom is 0.336 e.